The first kappa shape index (κ1) is 14.1. The van der Waals surface area contributed by atoms with Crippen molar-refractivity contribution in [2.75, 3.05) is 6.54 Å². The first-order valence-corrected chi connectivity index (χ1v) is 5.99. The molecule has 0 aliphatic heterocycles. The number of hydrogen-bond donors (Lipinski definition) is 1. The van der Waals surface area contributed by atoms with Gasteiger partial charge in [0, 0.05) is 6.54 Å². The van der Waals surface area contributed by atoms with Gasteiger partial charge in [-0.25, -0.2) is 0 Å². The fourth-order valence-electron chi connectivity index (χ4n) is 1.71. The molecule has 0 spiro atoms. The van der Waals surface area contributed by atoms with Gasteiger partial charge in [-0.2, -0.15) is 4.68 Å². The lowest BCUT2D eigenvalue weighted by atomic mass is 10.2. The van der Waals surface area contributed by atoms with E-state index in [2.05, 4.69) is 10.4 Å². The lowest BCUT2D eigenvalue weighted by molar-refractivity contribution is -0.389. The zero-order valence-electron chi connectivity index (χ0n) is 10.8. The summed E-state index contributed by atoms with van der Waals surface area (Å²) in [6.07, 6.45) is 1.38. The van der Waals surface area contributed by atoms with Crippen LogP contribution in [0.25, 0.3) is 0 Å². The van der Waals surface area contributed by atoms with Gasteiger partial charge in [0.05, 0.1) is 16.9 Å². The molecule has 0 aliphatic rings. The van der Waals surface area contributed by atoms with Crippen LogP contribution in [0.15, 0.2) is 6.07 Å². The van der Waals surface area contributed by atoms with Crippen molar-refractivity contribution in [2.24, 2.45) is 0 Å². The Bertz CT molecular complexity index is 441. The number of rotatable bonds is 6. The van der Waals surface area contributed by atoms with Crippen LogP contribution in [-0.2, 0) is 4.79 Å². The molecule has 1 rings (SSSR count). The van der Waals surface area contributed by atoms with E-state index in [0.717, 1.165) is 6.42 Å². The van der Waals surface area contributed by atoms with Gasteiger partial charge >= 0.3 is 5.82 Å². The van der Waals surface area contributed by atoms with Crippen molar-refractivity contribution < 1.29 is 9.72 Å². The zero-order valence-corrected chi connectivity index (χ0v) is 10.8. The van der Waals surface area contributed by atoms with Gasteiger partial charge in [-0.05, 0) is 24.7 Å². The monoisotopic (exact) mass is 254 g/mol. The van der Waals surface area contributed by atoms with Crippen LogP contribution >= 0.6 is 0 Å². The maximum absolute atomic E-state index is 11.9. The molecule has 1 N–H and O–H groups in total. The van der Waals surface area contributed by atoms with Crippen LogP contribution in [0.5, 0.6) is 0 Å². The third kappa shape index (κ3) is 3.06. The van der Waals surface area contributed by atoms with E-state index in [1.165, 1.54) is 10.7 Å². The number of nitro groups is 1. The number of aromatic nitrogens is 2. The molecule has 1 heterocycles. The van der Waals surface area contributed by atoms with E-state index >= 15 is 0 Å². The Hall–Kier alpha value is -1.92. The van der Waals surface area contributed by atoms with Crippen LogP contribution < -0.4 is 5.32 Å². The molecule has 0 saturated heterocycles. The van der Waals surface area contributed by atoms with Gasteiger partial charge in [0.25, 0.3) is 0 Å². The summed E-state index contributed by atoms with van der Waals surface area (Å²) in [7, 11) is 0. The molecule has 1 aromatic rings. The van der Waals surface area contributed by atoms with Crippen molar-refractivity contribution in [1.82, 2.24) is 15.1 Å². The highest BCUT2D eigenvalue weighted by Crippen LogP contribution is 2.18. The Morgan fingerprint density at radius 1 is 1.61 bits per heavy atom. The molecule has 7 nitrogen and oxygen atoms in total. The molecule has 1 unspecified atom stereocenters. The maximum Gasteiger partial charge on any atom is 0.390 e. The minimum atomic E-state index is -0.555. The second-order valence-electron chi connectivity index (χ2n) is 4.06. The van der Waals surface area contributed by atoms with Crippen LogP contribution in [0.1, 0.15) is 38.4 Å². The van der Waals surface area contributed by atoms with Crippen LogP contribution in [0.3, 0.4) is 0 Å². The topological polar surface area (TPSA) is 90.1 Å². The van der Waals surface area contributed by atoms with E-state index < -0.39 is 11.0 Å². The predicted octanol–water partition coefficient (Wildman–Crippen LogP) is 1.58. The molecule has 1 atom stereocenters. The number of carbonyl (C=O) groups excluding carboxylic acids is 1. The van der Waals surface area contributed by atoms with Gasteiger partial charge < -0.3 is 15.4 Å². The minimum Gasteiger partial charge on any atom is -0.358 e. The molecule has 0 aromatic carbocycles. The number of nitrogens with zero attached hydrogens (tertiary/aromatic N) is 3. The summed E-state index contributed by atoms with van der Waals surface area (Å²) in [6, 6.07) is 0.876. The number of hydrogen-bond acceptors (Lipinski definition) is 4. The SMILES string of the molecule is CCCNC(=O)C(CC)n1nc([N+](=O)[O-])cc1C. The van der Waals surface area contributed by atoms with Crippen molar-refractivity contribution in [1.29, 1.82) is 0 Å². The van der Waals surface area contributed by atoms with Gasteiger partial charge in [-0.15, -0.1) is 0 Å². The molecule has 1 amide bonds. The first-order valence-electron chi connectivity index (χ1n) is 5.99. The Morgan fingerprint density at radius 2 is 2.28 bits per heavy atom. The number of carbonyl (C=O) groups is 1. The Kier molecular flexibility index (Phi) is 4.82. The van der Waals surface area contributed by atoms with Crippen LogP contribution in [0, 0.1) is 17.0 Å². The van der Waals surface area contributed by atoms with E-state index in [4.69, 9.17) is 0 Å². The van der Waals surface area contributed by atoms with E-state index in [0.29, 0.717) is 18.7 Å². The second kappa shape index (κ2) is 6.13. The minimum absolute atomic E-state index is 0.152. The molecule has 18 heavy (non-hydrogen) atoms. The lowest BCUT2D eigenvalue weighted by Crippen LogP contribution is -2.33. The molecule has 1 aromatic heterocycles. The fraction of sp³-hybridized carbons (Fsp3) is 0.636. The molecule has 0 radical (unpaired) electrons. The van der Waals surface area contributed by atoms with E-state index in [1.807, 2.05) is 13.8 Å². The molecule has 0 saturated carbocycles. The van der Waals surface area contributed by atoms with Gasteiger partial charge in [0.1, 0.15) is 0 Å². The summed E-state index contributed by atoms with van der Waals surface area (Å²) in [5.41, 5.74) is 0.611. The van der Waals surface area contributed by atoms with Gasteiger partial charge in [0.15, 0.2) is 6.04 Å². The lowest BCUT2D eigenvalue weighted by Gasteiger charge is -2.13. The average Bonchev–Trinajstić information content (AvgIpc) is 2.70. The van der Waals surface area contributed by atoms with Crippen molar-refractivity contribution >= 4 is 11.7 Å². The second-order valence-corrected chi connectivity index (χ2v) is 4.06. The fourth-order valence-corrected chi connectivity index (χ4v) is 1.71. The molecular formula is C11H18N4O3. The highest BCUT2D eigenvalue weighted by atomic mass is 16.6. The van der Waals surface area contributed by atoms with Crippen molar-refractivity contribution in [3.05, 3.63) is 21.9 Å². The summed E-state index contributed by atoms with van der Waals surface area (Å²) in [5.74, 6) is -0.380. The summed E-state index contributed by atoms with van der Waals surface area (Å²) < 4.78 is 1.42. The summed E-state index contributed by atoms with van der Waals surface area (Å²) in [6.45, 7) is 6.11. The van der Waals surface area contributed by atoms with Crippen LogP contribution in [0.4, 0.5) is 5.82 Å². The zero-order chi connectivity index (χ0) is 13.7. The molecule has 0 bridgehead atoms. The Labute approximate surface area is 105 Å². The van der Waals surface area contributed by atoms with Gasteiger partial charge in [-0.3, -0.25) is 4.79 Å². The largest absolute Gasteiger partial charge is 0.390 e. The molecule has 100 valence electrons. The third-order valence-corrected chi connectivity index (χ3v) is 2.63. The average molecular weight is 254 g/mol. The van der Waals surface area contributed by atoms with Crippen molar-refractivity contribution in [3.8, 4) is 0 Å². The van der Waals surface area contributed by atoms with E-state index in [9.17, 15) is 14.9 Å². The maximum atomic E-state index is 11.9. The summed E-state index contributed by atoms with van der Waals surface area (Å²) >= 11 is 0. The smallest absolute Gasteiger partial charge is 0.358 e. The molecular weight excluding hydrogens is 236 g/mol. The van der Waals surface area contributed by atoms with Gasteiger partial charge in [0.2, 0.25) is 5.91 Å². The molecule has 0 fully saturated rings. The quantitative estimate of drug-likeness (QED) is 0.616. The number of amides is 1. The molecule has 0 aliphatic carbocycles. The van der Waals surface area contributed by atoms with Crippen molar-refractivity contribution in [3.63, 3.8) is 0 Å². The molecule has 7 heteroatoms. The van der Waals surface area contributed by atoms with E-state index in [-0.39, 0.29) is 11.7 Å². The predicted molar refractivity (Wildman–Crippen MR) is 66.2 cm³/mol. The van der Waals surface area contributed by atoms with E-state index in [1.54, 1.807) is 6.92 Å². The summed E-state index contributed by atoms with van der Waals surface area (Å²) in [4.78, 5) is 22.0. The van der Waals surface area contributed by atoms with Crippen LogP contribution in [0.2, 0.25) is 0 Å². The summed E-state index contributed by atoms with van der Waals surface area (Å²) in [5, 5.41) is 17.3. The Morgan fingerprint density at radius 3 is 2.72 bits per heavy atom. The first-order chi connectivity index (χ1) is 8.51. The standard InChI is InChI=1S/C11H18N4O3/c1-4-6-12-11(16)9(5-2)14-8(3)7-10(13-14)15(17)18/h7,9H,4-6H2,1-3H3,(H,12,16). The van der Waals surface area contributed by atoms with Crippen LogP contribution in [-0.4, -0.2) is 27.2 Å². The highest BCUT2D eigenvalue weighted by Gasteiger charge is 2.26. The third-order valence-electron chi connectivity index (χ3n) is 2.63. The highest BCUT2D eigenvalue weighted by molar-refractivity contribution is 5.80. The number of nitrogens with one attached hydrogen (secondary N) is 1. The number of aryl methyl sites for hydroxylation is 1. The van der Waals surface area contributed by atoms with Crippen molar-refractivity contribution in [2.45, 2.75) is 39.7 Å². The van der Waals surface area contributed by atoms with Gasteiger partial charge in [-0.1, -0.05) is 13.8 Å². The normalized spacial score (nSPS) is 12.2. The Balaban J connectivity index is 2.94.